The van der Waals surface area contributed by atoms with Gasteiger partial charge in [0.05, 0.1) is 17.9 Å². The number of thiazole rings is 1. The Kier molecular flexibility index (Phi) is 6.52. The Hall–Kier alpha value is -2.18. The molecule has 0 bridgehead atoms. The Bertz CT molecular complexity index is 958. The number of ether oxygens (including phenoxy) is 1. The van der Waals surface area contributed by atoms with Crippen molar-refractivity contribution in [3.63, 3.8) is 0 Å². The fourth-order valence-electron chi connectivity index (χ4n) is 2.94. The van der Waals surface area contributed by atoms with Crippen LogP contribution in [0.1, 0.15) is 59.5 Å². The molecular weight excluding hydrogens is 388 g/mol. The fraction of sp³-hybridized carbons (Fsp3) is 0.364. The maximum Gasteiger partial charge on any atom is 0.341 e. The largest absolute Gasteiger partial charge is 0.462 e. The minimum absolute atomic E-state index is 0.288. The number of anilines is 2. The molecule has 2 heterocycles. The molecule has 4 nitrogen and oxygen atoms in total. The zero-order valence-corrected chi connectivity index (χ0v) is 18.6. The highest BCUT2D eigenvalue weighted by Gasteiger charge is 2.21. The zero-order chi connectivity index (χ0) is 20.3. The maximum atomic E-state index is 12.4. The third-order valence-electron chi connectivity index (χ3n) is 4.98. The van der Waals surface area contributed by atoms with Gasteiger partial charge in [0.2, 0.25) is 0 Å². The summed E-state index contributed by atoms with van der Waals surface area (Å²) in [7, 11) is 0. The minimum Gasteiger partial charge on any atom is -0.462 e. The Morgan fingerprint density at radius 2 is 1.93 bits per heavy atom. The highest BCUT2D eigenvalue weighted by atomic mass is 32.1. The molecule has 0 saturated heterocycles. The molecule has 0 fully saturated rings. The van der Waals surface area contributed by atoms with Crippen molar-refractivity contribution in [1.82, 2.24) is 4.98 Å². The number of rotatable bonds is 7. The Labute approximate surface area is 174 Å². The summed E-state index contributed by atoms with van der Waals surface area (Å²) in [6.45, 7) is 10.6. The first-order valence-electron chi connectivity index (χ1n) is 9.54. The predicted octanol–water partition coefficient (Wildman–Crippen LogP) is 6.92. The summed E-state index contributed by atoms with van der Waals surface area (Å²) in [6.07, 6.45) is 1.13. The number of nitrogens with one attached hydrogen (secondary N) is 1. The fourth-order valence-corrected chi connectivity index (χ4v) is 4.78. The standard InChI is InChI=1S/C22H26N2O2S2/c1-6-13(3)16-8-10-17(11-9-16)18-12-27-22(23-18)24-20-19(21(25)26-7-2)14(4)15(5)28-20/h8-13H,6-7H2,1-5H3,(H,23,24)/t13-/m0/s1. The van der Waals surface area contributed by atoms with Crippen LogP contribution in [0.25, 0.3) is 11.3 Å². The monoisotopic (exact) mass is 414 g/mol. The van der Waals surface area contributed by atoms with Crippen molar-refractivity contribution in [2.75, 3.05) is 11.9 Å². The second-order valence-electron chi connectivity index (χ2n) is 6.80. The molecule has 3 aromatic rings. The van der Waals surface area contributed by atoms with E-state index in [1.807, 2.05) is 26.2 Å². The lowest BCUT2D eigenvalue weighted by Crippen LogP contribution is -2.07. The number of benzene rings is 1. The van der Waals surface area contributed by atoms with Gasteiger partial charge in [-0.25, -0.2) is 9.78 Å². The van der Waals surface area contributed by atoms with Gasteiger partial charge in [-0.15, -0.1) is 22.7 Å². The Morgan fingerprint density at radius 3 is 2.57 bits per heavy atom. The first kappa shape index (κ1) is 20.6. The van der Waals surface area contributed by atoms with E-state index in [9.17, 15) is 4.79 Å². The van der Waals surface area contributed by atoms with Crippen LogP contribution in [0.3, 0.4) is 0 Å². The number of thiophene rings is 1. The second kappa shape index (κ2) is 8.88. The number of aromatic nitrogens is 1. The number of hydrogen-bond acceptors (Lipinski definition) is 6. The minimum atomic E-state index is -0.288. The lowest BCUT2D eigenvalue weighted by atomic mass is 9.97. The molecule has 0 radical (unpaired) electrons. The molecule has 0 aliphatic carbocycles. The van der Waals surface area contributed by atoms with Crippen molar-refractivity contribution in [3.8, 4) is 11.3 Å². The Balaban J connectivity index is 1.82. The third kappa shape index (κ3) is 4.28. The molecule has 3 rings (SSSR count). The predicted molar refractivity (Wildman–Crippen MR) is 119 cm³/mol. The van der Waals surface area contributed by atoms with E-state index < -0.39 is 0 Å². The van der Waals surface area contributed by atoms with Gasteiger partial charge in [0.1, 0.15) is 5.00 Å². The average Bonchev–Trinajstić information content (AvgIpc) is 3.26. The van der Waals surface area contributed by atoms with Gasteiger partial charge < -0.3 is 10.1 Å². The van der Waals surface area contributed by atoms with Crippen LogP contribution in [0.15, 0.2) is 29.6 Å². The molecule has 0 aliphatic rings. The van der Waals surface area contributed by atoms with Crippen LogP contribution in [0.4, 0.5) is 10.1 Å². The molecule has 1 aromatic carbocycles. The second-order valence-corrected chi connectivity index (χ2v) is 8.88. The number of aryl methyl sites for hydroxylation is 1. The number of esters is 1. The normalized spacial score (nSPS) is 12.0. The maximum absolute atomic E-state index is 12.4. The molecule has 1 N–H and O–H groups in total. The van der Waals surface area contributed by atoms with Crippen LogP contribution >= 0.6 is 22.7 Å². The molecule has 0 unspecified atom stereocenters. The summed E-state index contributed by atoms with van der Waals surface area (Å²) in [5, 5.41) is 6.93. The van der Waals surface area contributed by atoms with Gasteiger partial charge in [0.15, 0.2) is 5.13 Å². The molecule has 0 spiro atoms. The van der Waals surface area contributed by atoms with Gasteiger partial charge in [-0.3, -0.25) is 0 Å². The topological polar surface area (TPSA) is 51.2 Å². The van der Waals surface area contributed by atoms with Crippen molar-refractivity contribution in [3.05, 3.63) is 51.2 Å². The van der Waals surface area contributed by atoms with Crippen LogP contribution < -0.4 is 5.32 Å². The third-order valence-corrected chi connectivity index (χ3v) is 6.86. The quantitative estimate of drug-likeness (QED) is 0.426. The average molecular weight is 415 g/mol. The van der Waals surface area contributed by atoms with E-state index in [1.54, 1.807) is 11.3 Å². The highest BCUT2D eigenvalue weighted by molar-refractivity contribution is 7.18. The first-order valence-corrected chi connectivity index (χ1v) is 11.2. The van der Waals surface area contributed by atoms with Gasteiger partial charge in [-0.1, -0.05) is 38.1 Å². The van der Waals surface area contributed by atoms with Crippen molar-refractivity contribution in [2.24, 2.45) is 0 Å². The van der Waals surface area contributed by atoms with E-state index >= 15 is 0 Å². The summed E-state index contributed by atoms with van der Waals surface area (Å²) in [5.41, 5.74) is 4.96. The van der Waals surface area contributed by atoms with E-state index in [0.29, 0.717) is 18.1 Å². The van der Waals surface area contributed by atoms with Gasteiger partial charge in [0, 0.05) is 15.8 Å². The molecule has 0 saturated carbocycles. The summed E-state index contributed by atoms with van der Waals surface area (Å²) in [5.74, 6) is 0.276. The summed E-state index contributed by atoms with van der Waals surface area (Å²) >= 11 is 3.09. The first-order chi connectivity index (χ1) is 13.4. The van der Waals surface area contributed by atoms with E-state index in [-0.39, 0.29) is 5.97 Å². The smallest absolute Gasteiger partial charge is 0.341 e. The van der Waals surface area contributed by atoms with Crippen LogP contribution in [-0.4, -0.2) is 17.6 Å². The number of nitrogens with zero attached hydrogens (tertiary/aromatic N) is 1. The molecule has 1 atom stereocenters. The summed E-state index contributed by atoms with van der Waals surface area (Å²) in [4.78, 5) is 18.2. The van der Waals surface area contributed by atoms with Crippen LogP contribution in [0.5, 0.6) is 0 Å². The molecule has 0 amide bonds. The van der Waals surface area contributed by atoms with Crippen molar-refractivity contribution in [2.45, 2.75) is 47.0 Å². The van der Waals surface area contributed by atoms with Gasteiger partial charge >= 0.3 is 5.97 Å². The number of hydrogen-bond donors (Lipinski definition) is 1. The number of carbonyl (C=O) groups is 1. The van der Waals surface area contributed by atoms with Crippen LogP contribution in [0, 0.1) is 13.8 Å². The Morgan fingerprint density at radius 1 is 1.21 bits per heavy atom. The van der Waals surface area contributed by atoms with Gasteiger partial charge in [-0.05, 0) is 44.2 Å². The molecule has 28 heavy (non-hydrogen) atoms. The molecule has 6 heteroatoms. The highest BCUT2D eigenvalue weighted by Crippen LogP contribution is 2.36. The summed E-state index contributed by atoms with van der Waals surface area (Å²) < 4.78 is 5.23. The number of carbonyl (C=O) groups excluding carboxylic acids is 1. The summed E-state index contributed by atoms with van der Waals surface area (Å²) in [6, 6.07) is 8.62. The van der Waals surface area contributed by atoms with E-state index in [0.717, 1.165) is 38.3 Å². The van der Waals surface area contributed by atoms with E-state index in [4.69, 9.17) is 9.72 Å². The lowest BCUT2D eigenvalue weighted by Gasteiger charge is -2.09. The van der Waals surface area contributed by atoms with Crippen molar-refractivity contribution < 1.29 is 9.53 Å². The SMILES string of the molecule is CCOC(=O)c1c(Nc2nc(-c3ccc([C@@H](C)CC)cc3)cs2)sc(C)c1C. The van der Waals surface area contributed by atoms with Gasteiger partial charge in [0.25, 0.3) is 0 Å². The van der Waals surface area contributed by atoms with Crippen molar-refractivity contribution >= 4 is 38.8 Å². The van der Waals surface area contributed by atoms with Crippen LogP contribution in [0.2, 0.25) is 0 Å². The van der Waals surface area contributed by atoms with E-state index in [1.165, 1.54) is 16.9 Å². The lowest BCUT2D eigenvalue weighted by molar-refractivity contribution is 0.0527. The molecule has 2 aromatic heterocycles. The van der Waals surface area contributed by atoms with Crippen molar-refractivity contribution in [1.29, 1.82) is 0 Å². The molecule has 0 aliphatic heterocycles. The zero-order valence-electron chi connectivity index (χ0n) is 17.0. The van der Waals surface area contributed by atoms with Gasteiger partial charge in [-0.2, -0.15) is 0 Å². The molecule has 148 valence electrons. The molecular formula is C22H26N2O2S2. The van der Waals surface area contributed by atoms with E-state index in [2.05, 4.69) is 43.4 Å². The van der Waals surface area contributed by atoms with Crippen LogP contribution in [-0.2, 0) is 4.74 Å².